The first kappa shape index (κ1) is 28.4. The van der Waals surface area contributed by atoms with Crippen LogP contribution in [0, 0.1) is 0 Å². The van der Waals surface area contributed by atoms with E-state index in [4.69, 9.17) is 4.42 Å². The molecule has 0 saturated carbocycles. The standard InChI is InChI=1S/C48H31NO/c1-2-12-32(13-3-1)40-17-8-10-20-45(40)49(37-26-28-39-35(30-37)23-22-33-14-4-6-16-38(33)39)46-21-11-9-18-41(46)36-25-29-47-44(31-36)43-27-24-34-15-5-7-19-42(34)48(43)50-47/h1-31H. The van der Waals surface area contributed by atoms with Gasteiger partial charge < -0.3 is 9.32 Å². The van der Waals surface area contributed by atoms with E-state index >= 15 is 0 Å². The molecule has 9 aromatic carbocycles. The smallest absolute Gasteiger partial charge is 0.143 e. The van der Waals surface area contributed by atoms with E-state index in [1.807, 2.05) is 0 Å². The average Bonchev–Trinajstić information content (AvgIpc) is 3.57. The summed E-state index contributed by atoms with van der Waals surface area (Å²) in [4.78, 5) is 2.43. The van der Waals surface area contributed by atoms with Gasteiger partial charge in [0.1, 0.15) is 11.2 Å². The summed E-state index contributed by atoms with van der Waals surface area (Å²) in [5.74, 6) is 0. The molecular formula is C48H31NO. The Labute approximate surface area is 290 Å². The van der Waals surface area contributed by atoms with Gasteiger partial charge in [0, 0.05) is 33.0 Å². The van der Waals surface area contributed by atoms with Crippen LogP contribution >= 0.6 is 0 Å². The van der Waals surface area contributed by atoms with Crippen molar-refractivity contribution in [3.05, 3.63) is 188 Å². The van der Waals surface area contributed by atoms with Gasteiger partial charge in [-0.3, -0.25) is 0 Å². The van der Waals surface area contributed by atoms with E-state index in [-0.39, 0.29) is 0 Å². The molecule has 0 bridgehead atoms. The first-order chi connectivity index (χ1) is 24.8. The molecule has 0 fully saturated rings. The van der Waals surface area contributed by atoms with Crippen LogP contribution in [-0.2, 0) is 0 Å². The van der Waals surface area contributed by atoms with Crippen molar-refractivity contribution in [1.29, 1.82) is 0 Å². The predicted octanol–water partition coefficient (Wildman–Crippen LogP) is 13.8. The van der Waals surface area contributed by atoms with Crippen molar-refractivity contribution in [3.8, 4) is 22.3 Å². The van der Waals surface area contributed by atoms with Crippen molar-refractivity contribution in [2.75, 3.05) is 4.90 Å². The fraction of sp³-hybridized carbons (Fsp3) is 0. The number of furan rings is 1. The number of benzene rings is 9. The molecule has 2 nitrogen and oxygen atoms in total. The first-order valence-corrected chi connectivity index (χ1v) is 17.1. The second-order valence-electron chi connectivity index (χ2n) is 12.9. The average molecular weight is 638 g/mol. The van der Waals surface area contributed by atoms with Crippen molar-refractivity contribution in [2.45, 2.75) is 0 Å². The number of anilines is 3. The molecule has 0 N–H and O–H groups in total. The summed E-state index contributed by atoms with van der Waals surface area (Å²) >= 11 is 0. The number of para-hydroxylation sites is 2. The highest BCUT2D eigenvalue weighted by molar-refractivity contribution is 6.16. The van der Waals surface area contributed by atoms with Crippen LogP contribution in [0.15, 0.2) is 192 Å². The molecule has 10 aromatic rings. The van der Waals surface area contributed by atoms with Crippen LogP contribution in [0.4, 0.5) is 17.1 Å². The van der Waals surface area contributed by atoms with Crippen molar-refractivity contribution in [2.24, 2.45) is 0 Å². The Balaban J connectivity index is 1.21. The maximum Gasteiger partial charge on any atom is 0.143 e. The topological polar surface area (TPSA) is 16.4 Å². The van der Waals surface area contributed by atoms with Gasteiger partial charge in [0.2, 0.25) is 0 Å². The minimum Gasteiger partial charge on any atom is -0.455 e. The molecule has 2 heteroatoms. The van der Waals surface area contributed by atoms with Gasteiger partial charge in [-0.05, 0) is 80.5 Å². The fourth-order valence-corrected chi connectivity index (χ4v) is 7.66. The molecule has 0 aliphatic rings. The van der Waals surface area contributed by atoms with E-state index in [1.165, 1.54) is 38.1 Å². The molecule has 1 heterocycles. The Hall–Kier alpha value is -6.64. The fourth-order valence-electron chi connectivity index (χ4n) is 7.66. The lowest BCUT2D eigenvalue weighted by Gasteiger charge is -2.30. The highest BCUT2D eigenvalue weighted by Gasteiger charge is 2.21. The van der Waals surface area contributed by atoms with E-state index in [9.17, 15) is 0 Å². The second kappa shape index (κ2) is 11.5. The molecule has 0 saturated heterocycles. The summed E-state index contributed by atoms with van der Waals surface area (Å²) in [5.41, 5.74) is 9.78. The Morgan fingerprint density at radius 2 is 0.920 bits per heavy atom. The van der Waals surface area contributed by atoms with E-state index in [0.717, 1.165) is 55.5 Å². The first-order valence-electron chi connectivity index (χ1n) is 17.1. The number of fused-ring (bicyclic) bond motifs is 8. The zero-order chi connectivity index (χ0) is 33.0. The summed E-state index contributed by atoms with van der Waals surface area (Å²) in [6.45, 7) is 0. The van der Waals surface area contributed by atoms with Crippen LogP contribution in [0.25, 0.3) is 76.5 Å². The Kier molecular flexibility index (Phi) is 6.53. The summed E-state index contributed by atoms with van der Waals surface area (Å²) < 4.78 is 6.50. The van der Waals surface area contributed by atoms with Crippen molar-refractivity contribution < 1.29 is 4.42 Å². The van der Waals surface area contributed by atoms with Gasteiger partial charge in [-0.1, -0.05) is 146 Å². The highest BCUT2D eigenvalue weighted by atomic mass is 16.3. The third-order valence-electron chi connectivity index (χ3n) is 10.0. The lowest BCUT2D eigenvalue weighted by molar-refractivity contribution is 0.672. The summed E-state index contributed by atoms with van der Waals surface area (Å²) in [5, 5.41) is 9.54. The number of hydrogen-bond acceptors (Lipinski definition) is 2. The van der Waals surface area contributed by atoms with Gasteiger partial charge in [0.15, 0.2) is 0 Å². The van der Waals surface area contributed by atoms with Gasteiger partial charge in [0.25, 0.3) is 0 Å². The maximum atomic E-state index is 6.50. The van der Waals surface area contributed by atoms with Crippen LogP contribution in [0.3, 0.4) is 0 Å². The van der Waals surface area contributed by atoms with Crippen LogP contribution in [0.2, 0.25) is 0 Å². The van der Waals surface area contributed by atoms with Crippen LogP contribution < -0.4 is 4.90 Å². The van der Waals surface area contributed by atoms with E-state index in [0.29, 0.717) is 0 Å². The third-order valence-corrected chi connectivity index (χ3v) is 10.0. The molecule has 50 heavy (non-hydrogen) atoms. The van der Waals surface area contributed by atoms with Crippen molar-refractivity contribution in [3.63, 3.8) is 0 Å². The monoisotopic (exact) mass is 637 g/mol. The number of nitrogens with zero attached hydrogens (tertiary/aromatic N) is 1. The van der Waals surface area contributed by atoms with Crippen LogP contribution in [0.5, 0.6) is 0 Å². The lowest BCUT2D eigenvalue weighted by Crippen LogP contribution is -2.12. The van der Waals surface area contributed by atoms with Crippen LogP contribution in [-0.4, -0.2) is 0 Å². The molecular weight excluding hydrogens is 607 g/mol. The van der Waals surface area contributed by atoms with Gasteiger partial charge in [-0.15, -0.1) is 0 Å². The lowest BCUT2D eigenvalue weighted by atomic mass is 9.97. The van der Waals surface area contributed by atoms with E-state index < -0.39 is 0 Å². The largest absolute Gasteiger partial charge is 0.455 e. The second-order valence-corrected chi connectivity index (χ2v) is 12.9. The normalized spacial score (nSPS) is 11.6. The van der Waals surface area contributed by atoms with Gasteiger partial charge >= 0.3 is 0 Å². The SMILES string of the molecule is c1ccc(-c2ccccc2N(c2ccc3c(ccc4ccccc43)c2)c2ccccc2-c2ccc3oc4c5ccccc5ccc4c3c2)cc1. The third kappa shape index (κ3) is 4.57. The molecule has 234 valence electrons. The molecule has 0 aliphatic carbocycles. The zero-order valence-electron chi connectivity index (χ0n) is 27.3. The molecule has 0 aliphatic heterocycles. The van der Waals surface area contributed by atoms with Gasteiger partial charge in [-0.2, -0.15) is 0 Å². The van der Waals surface area contributed by atoms with E-state index in [2.05, 4.69) is 193 Å². The highest BCUT2D eigenvalue weighted by Crippen LogP contribution is 2.46. The molecule has 0 radical (unpaired) electrons. The number of rotatable bonds is 5. The molecule has 10 rings (SSSR count). The van der Waals surface area contributed by atoms with Gasteiger partial charge in [0.05, 0.1) is 11.4 Å². The predicted molar refractivity (Wildman–Crippen MR) is 212 cm³/mol. The Bertz CT molecular complexity index is 2880. The molecule has 0 atom stereocenters. The van der Waals surface area contributed by atoms with E-state index in [1.54, 1.807) is 0 Å². The Morgan fingerprint density at radius 3 is 1.72 bits per heavy atom. The summed E-state index contributed by atoms with van der Waals surface area (Å²) in [7, 11) is 0. The molecule has 0 spiro atoms. The summed E-state index contributed by atoms with van der Waals surface area (Å²) in [6.07, 6.45) is 0. The Morgan fingerprint density at radius 1 is 0.340 bits per heavy atom. The van der Waals surface area contributed by atoms with Crippen molar-refractivity contribution >= 4 is 71.3 Å². The van der Waals surface area contributed by atoms with Crippen LogP contribution in [0.1, 0.15) is 0 Å². The maximum absolute atomic E-state index is 6.50. The molecule has 1 aromatic heterocycles. The minimum absolute atomic E-state index is 0.894. The number of hydrogen-bond donors (Lipinski definition) is 0. The summed E-state index contributed by atoms with van der Waals surface area (Å²) in [6, 6.07) is 67.6. The van der Waals surface area contributed by atoms with Crippen molar-refractivity contribution in [1.82, 2.24) is 0 Å². The zero-order valence-corrected chi connectivity index (χ0v) is 27.3. The minimum atomic E-state index is 0.894. The molecule has 0 amide bonds. The van der Waals surface area contributed by atoms with Gasteiger partial charge in [-0.25, -0.2) is 0 Å². The quantitative estimate of drug-likeness (QED) is 0.175. The molecule has 0 unspecified atom stereocenters.